The first kappa shape index (κ1) is 8.38. The maximum absolute atomic E-state index is 9.86. The van der Waals surface area contributed by atoms with Gasteiger partial charge in [-0.1, -0.05) is 12.1 Å². The van der Waals surface area contributed by atoms with E-state index in [0.717, 1.165) is 24.8 Å². The Kier molecular flexibility index (Phi) is 1.66. The fourth-order valence-electron chi connectivity index (χ4n) is 1.76. The Balaban J connectivity index is 2.06. The Morgan fingerprint density at radius 1 is 1.43 bits per heavy atom. The zero-order valence-electron chi connectivity index (χ0n) is 7.73. The lowest BCUT2D eigenvalue weighted by Crippen LogP contribution is -2.10. The van der Waals surface area contributed by atoms with E-state index in [0.29, 0.717) is 0 Å². The second-order valence-corrected chi connectivity index (χ2v) is 4.87. The molecule has 0 amide bonds. The molecule has 0 bridgehead atoms. The van der Waals surface area contributed by atoms with Crippen LogP contribution in [0.1, 0.15) is 18.4 Å². The number of fused-ring (bicyclic) bond motifs is 1. The summed E-state index contributed by atoms with van der Waals surface area (Å²) in [5, 5.41) is 9.86. The molecule has 1 heterocycles. The van der Waals surface area contributed by atoms with Crippen molar-refractivity contribution in [3.05, 3.63) is 29.3 Å². The van der Waals surface area contributed by atoms with E-state index in [-0.39, 0.29) is 0 Å². The summed E-state index contributed by atoms with van der Waals surface area (Å²) in [7, 11) is 0. The van der Waals surface area contributed by atoms with Crippen molar-refractivity contribution >= 4 is 21.6 Å². The molecular formula is C11H11NOS. The summed E-state index contributed by atoms with van der Waals surface area (Å²) >= 11 is 1.66. The molecule has 0 radical (unpaired) electrons. The Bertz CT molecular complexity index is 473. The Labute approximate surface area is 86.2 Å². The third-order valence-electron chi connectivity index (χ3n) is 2.78. The molecule has 2 nitrogen and oxygen atoms in total. The van der Waals surface area contributed by atoms with Crippen molar-refractivity contribution in [2.75, 3.05) is 0 Å². The molecule has 1 saturated carbocycles. The molecule has 3 heteroatoms. The second-order valence-electron chi connectivity index (χ2n) is 4.02. The maximum atomic E-state index is 9.86. The quantitative estimate of drug-likeness (QED) is 0.816. The molecular weight excluding hydrogens is 194 g/mol. The largest absolute Gasteiger partial charge is 0.390 e. The molecule has 1 aliphatic carbocycles. The summed E-state index contributed by atoms with van der Waals surface area (Å²) in [6, 6.07) is 6.13. The number of hydrogen-bond donors (Lipinski definition) is 1. The van der Waals surface area contributed by atoms with E-state index in [1.165, 1.54) is 10.3 Å². The minimum Gasteiger partial charge on any atom is -0.390 e. The van der Waals surface area contributed by atoms with E-state index < -0.39 is 5.60 Å². The molecule has 0 unspecified atom stereocenters. The highest BCUT2D eigenvalue weighted by atomic mass is 32.1. The molecule has 1 N–H and O–H groups in total. The van der Waals surface area contributed by atoms with Gasteiger partial charge in [0.05, 0.1) is 21.3 Å². The van der Waals surface area contributed by atoms with Gasteiger partial charge >= 0.3 is 0 Å². The number of hydrogen-bond acceptors (Lipinski definition) is 3. The van der Waals surface area contributed by atoms with Gasteiger partial charge < -0.3 is 5.11 Å². The summed E-state index contributed by atoms with van der Waals surface area (Å²) in [6.45, 7) is 0. The Morgan fingerprint density at radius 2 is 2.29 bits per heavy atom. The number of nitrogens with zero attached hydrogens (tertiary/aromatic N) is 1. The van der Waals surface area contributed by atoms with Crippen LogP contribution in [-0.4, -0.2) is 15.7 Å². The summed E-state index contributed by atoms with van der Waals surface area (Å²) < 4.78 is 1.23. The zero-order chi connectivity index (χ0) is 9.60. The van der Waals surface area contributed by atoms with Gasteiger partial charge in [0, 0.05) is 6.42 Å². The van der Waals surface area contributed by atoms with Crippen LogP contribution in [0.5, 0.6) is 0 Å². The standard InChI is InChI=1S/C11H11NOS/c13-11(4-5-11)6-8-2-1-3-9-10(8)14-7-12-9/h1-3,7,13H,4-6H2. The molecule has 0 atom stereocenters. The molecule has 72 valence electrons. The predicted molar refractivity (Wildman–Crippen MR) is 57.5 cm³/mol. The van der Waals surface area contributed by atoms with Gasteiger partial charge in [0.15, 0.2) is 0 Å². The van der Waals surface area contributed by atoms with Crippen LogP contribution in [-0.2, 0) is 6.42 Å². The van der Waals surface area contributed by atoms with Crippen molar-refractivity contribution in [3.8, 4) is 0 Å². The fraction of sp³-hybridized carbons (Fsp3) is 0.364. The van der Waals surface area contributed by atoms with Crippen LogP contribution in [0.2, 0.25) is 0 Å². The molecule has 2 aromatic rings. The minimum absolute atomic E-state index is 0.404. The van der Waals surface area contributed by atoms with Crippen LogP contribution in [0.25, 0.3) is 10.2 Å². The van der Waals surface area contributed by atoms with Gasteiger partial charge in [0.1, 0.15) is 0 Å². The highest BCUT2D eigenvalue weighted by Crippen LogP contribution is 2.39. The van der Waals surface area contributed by atoms with Crippen LogP contribution >= 0.6 is 11.3 Å². The van der Waals surface area contributed by atoms with Crippen molar-refractivity contribution in [1.82, 2.24) is 4.98 Å². The first-order valence-electron chi connectivity index (χ1n) is 4.80. The SMILES string of the molecule is OC1(Cc2cccc3ncsc23)CC1. The van der Waals surface area contributed by atoms with Gasteiger partial charge in [0.25, 0.3) is 0 Å². The summed E-state index contributed by atoms with van der Waals surface area (Å²) in [5.74, 6) is 0. The van der Waals surface area contributed by atoms with Crippen LogP contribution in [0.15, 0.2) is 23.7 Å². The highest BCUT2D eigenvalue weighted by molar-refractivity contribution is 7.16. The van der Waals surface area contributed by atoms with Crippen molar-refractivity contribution < 1.29 is 5.11 Å². The molecule has 3 rings (SSSR count). The lowest BCUT2D eigenvalue weighted by atomic mass is 10.1. The van der Waals surface area contributed by atoms with Crippen molar-refractivity contribution in [2.24, 2.45) is 0 Å². The molecule has 0 aliphatic heterocycles. The lowest BCUT2D eigenvalue weighted by Gasteiger charge is -2.07. The molecule has 1 aromatic carbocycles. The Hall–Kier alpha value is -0.930. The number of thiazole rings is 1. The van der Waals surface area contributed by atoms with Gasteiger partial charge in [-0.15, -0.1) is 11.3 Å². The lowest BCUT2D eigenvalue weighted by molar-refractivity contribution is 0.151. The van der Waals surface area contributed by atoms with E-state index >= 15 is 0 Å². The second kappa shape index (κ2) is 2.78. The highest BCUT2D eigenvalue weighted by Gasteiger charge is 2.40. The van der Waals surface area contributed by atoms with E-state index in [1.54, 1.807) is 11.3 Å². The molecule has 14 heavy (non-hydrogen) atoms. The van der Waals surface area contributed by atoms with E-state index in [2.05, 4.69) is 11.1 Å². The number of aliphatic hydroxyl groups is 1. The number of benzene rings is 1. The Morgan fingerprint density at radius 3 is 3.07 bits per heavy atom. The summed E-state index contributed by atoms with van der Waals surface area (Å²) in [4.78, 5) is 4.27. The van der Waals surface area contributed by atoms with Crippen molar-refractivity contribution in [2.45, 2.75) is 24.9 Å². The third kappa shape index (κ3) is 1.33. The zero-order valence-corrected chi connectivity index (χ0v) is 8.55. The van der Waals surface area contributed by atoms with E-state index in [9.17, 15) is 5.11 Å². The smallest absolute Gasteiger partial charge is 0.0814 e. The van der Waals surface area contributed by atoms with Crippen LogP contribution < -0.4 is 0 Å². The molecule has 0 spiro atoms. The topological polar surface area (TPSA) is 33.1 Å². The van der Waals surface area contributed by atoms with E-state index in [4.69, 9.17) is 0 Å². The third-order valence-corrected chi connectivity index (χ3v) is 3.70. The minimum atomic E-state index is -0.404. The van der Waals surface area contributed by atoms with Gasteiger partial charge in [-0.2, -0.15) is 0 Å². The first-order chi connectivity index (χ1) is 6.77. The average Bonchev–Trinajstić information content (AvgIpc) is 2.73. The van der Waals surface area contributed by atoms with Crippen LogP contribution in [0.4, 0.5) is 0 Å². The van der Waals surface area contributed by atoms with Gasteiger partial charge in [-0.05, 0) is 24.5 Å². The van der Waals surface area contributed by atoms with Gasteiger partial charge in [-0.3, -0.25) is 0 Å². The average molecular weight is 205 g/mol. The van der Waals surface area contributed by atoms with Crippen LogP contribution in [0, 0.1) is 0 Å². The van der Waals surface area contributed by atoms with Gasteiger partial charge in [0.2, 0.25) is 0 Å². The summed E-state index contributed by atoms with van der Waals surface area (Å²) in [6.07, 6.45) is 2.68. The van der Waals surface area contributed by atoms with E-state index in [1.807, 2.05) is 17.6 Å². The molecule has 0 saturated heterocycles. The predicted octanol–water partition coefficient (Wildman–Crippen LogP) is 2.36. The molecule has 1 aromatic heterocycles. The molecule has 1 aliphatic rings. The van der Waals surface area contributed by atoms with Crippen molar-refractivity contribution in [1.29, 1.82) is 0 Å². The van der Waals surface area contributed by atoms with Crippen LogP contribution in [0.3, 0.4) is 0 Å². The maximum Gasteiger partial charge on any atom is 0.0814 e. The fourth-order valence-corrected chi connectivity index (χ4v) is 2.56. The monoisotopic (exact) mass is 205 g/mol. The number of rotatable bonds is 2. The summed E-state index contributed by atoms with van der Waals surface area (Å²) in [5.41, 5.74) is 3.75. The number of aromatic nitrogens is 1. The first-order valence-corrected chi connectivity index (χ1v) is 5.68. The van der Waals surface area contributed by atoms with Gasteiger partial charge in [-0.25, -0.2) is 4.98 Å². The molecule has 1 fully saturated rings. The normalized spacial score (nSPS) is 18.6. The van der Waals surface area contributed by atoms with Crippen molar-refractivity contribution in [3.63, 3.8) is 0 Å².